The molecule has 5 rings (SSSR count). The standard InChI is InChI=1S/C28H24N4O6S/c1-4-37-26(34)22-15(2)39-24-23(22)38-25(30)19(13-29)28(24)18-10-5-6-11-20(18)32(27(28)35)14-21(33)31-16-8-7-9-17(12-16)36-3/h5-12H,4,14,30H2,1-3H3,(H,31,33). The summed E-state index contributed by atoms with van der Waals surface area (Å²) in [6, 6.07) is 15.8. The zero-order valence-electron chi connectivity index (χ0n) is 21.4. The molecule has 3 heterocycles. The Balaban J connectivity index is 1.63. The van der Waals surface area contributed by atoms with Gasteiger partial charge in [0.15, 0.2) is 11.2 Å². The van der Waals surface area contributed by atoms with Crippen LogP contribution in [-0.4, -0.2) is 38.0 Å². The van der Waals surface area contributed by atoms with E-state index in [0.717, 1.165) is 11.3 Å². The van der Waals surface area contributed by atoms with E-state index in [2.05, 4.69) is 11.4 Å². The van der Waals surface area contributed by atoms with E-state index < -0.39 is 23.2 Å². The summed E-state index contributed by atoms with van der Waals surface area (Å²) < 4.78 is 16.2. The van der Waals surface area contributed by atoms with Crippen LogP contribution in [0.3, 0.4) is 0 Å². The quantitative estimate of drug-likeness (QED) is 0.448. The first-order chi connectivity index (χ1) is 18.8. The molecule has 1 aromatic heterocycles. The fourth-order valence-corrected chi connectivity index (χ4v) is 6.30. The van der Waals surface area contributed by atoms with Gasteiger partial charge in [0.1, 0.15) is 29.5 Å². The summed E-state index contributed by atoms with van der Waals surface area (Å²) in [7, 11) is 1.52. The van der Waals surface area contributed by atoms with Gasteiger partial charge in [-0.05, 0) is 32.0 Å². The molecule has 1 spiro atoms. The van der Waals surface area contributed by atoms with E-state index >= 15 is 0 Å². The SMILES string of the molecule is CCOC(=O)c1c(C)sc2c1OC(N)=C(C#N)C21C(=O)N(CC(=O)Nc2cccc(OC)c2)c2ccccc21. The van der Waals surface area contributed by atoms with E-state index in [9.17, 15) is 19.6 Å². The van der Waals surface area contributed by atoms with Crippen molar-refractivity contribution in [3.63, 3.8) is 0 Å². The molecule has 10 nitrogen and oxygen atoms in total. The number of carbonyl (C=O) groups excluding carboxylic acids is 3. The van der Waals surface area contributed by atoms with Crippen molar-refractivity contribution in [2.75, 3.05) is 30.5 Å². The lowest BCUT2D eigenvalue weighted by Crippen LogP contribution is -2.47. The van der Waals surface area contributed by atoms with E-state index in [1.165, 1.54) is 12.0 Å². The van der Waals surface area contributed by atoms with Crippen molar-refractivity contribution in [2.24, 2.45) is 5.73 Å². The van der Waals surface area contributed by atoms with E-state index in [1.54, 1.807) is 62.4 Å². The van der Waals surface area contributed by atoms with Gasteiger partial charge < -0.3 is 30.2 Å². The first kappa shape index (κ1) is 25.8. The Morgan fingerprint density at radius 2 is 2.00 bits per heavy atom. The number of fused-ring (bicyclic) bond motifs is 4. The zero-order chi connectivity index (χ0) is 27.9. The highest BCUT2D eigenvalue weighted by atomic mass is 32.1. The minimum Gasteiger partial charge on any atom is -0.497 e. The molecule has 0 saturated heterocycles. The lowest BCUT2D eigenvalue weighted by Gasteiger charge is -2.32. The number of benzene rings is 2. The average Bonchev–Trinajstić information content (AvgIpc) is 3.37. The van der Waals surface area contributed by atoms with Crippen molar-refractivity contribution in [1.29, 1.82) is 5.26 Å². The molecule has 1 atom stereocenters. The van der Waals surface area contributed by atoms with Gasteiger partial charge >= 0.3 is 5.97 Å². The maximum absolute atomic E-state index is 14.4. The molecule has 2 amide bonds. The maximum Gasteiger partial charge on any atom is 0.343 e. The van der Waals surface area contributed by atoms with Gasteiger partial charge in [-0.25, -0.2) is 4.79 Å². The first-order valence-corrected chi connectivity index (χ1v) is 12.8. The van der Waals surface area contributed by atoms with Crippen LogP contribution in [0.2, 0.25) is 0 Å². The molecule has 3 N–H and O–H groups in total. The minimum atomic E-state index is -1.70. The highest BCUT2D eigenvalue weighted by molar-refractivity contribution is 7.13. The molecule has 0 fully saturated rings. The van der Waals surface area contributed by atoms with E-state index in [1.807, 2.05) is 0 Å². The van der Waals surface area contributed by atoms with Gasteiger partial charge in [-0.3, -0.25) is 9.59 Å². The molecule has 2 aromatic carbocycles. The Bertz CT molecular complexity index is 1600. The molecule has 11 heteroatoms. The van der Waals surface area contributed by atoms with Crippen LogP contribution in [0.1, 0.15) is 32.6 Å². The molecule has 0 aliphatic carbocycles. The number of anilines is 2. The number of ether oxygens (including phenoxy) is 3. The second kappa shape index (κ2) is 9.81. The monoisotopic (exact) mass is 544 g/mol. The van der Waals surface area contributed by atoms with Gasteiger partial charge in [0.2, 0.25) is 17.7 Å². The summed E-state index contributed by atoms with van der Waals surface area (Å²) in [6.07, 6.45) is 0. The summed E-state index contributed by atoms with van der Waals surface area (Å²) in [5.41, 5.74) is 5.98. The van der Waals surface area contributed by atoms with E-state index in [4.69, 9.17) is 19.9 Å². The van der Waals surface area contributed by atoms with Gasteiger partial charge in [-0.2, -0.15) is 5.26 Å². The Morgan fingerprint density at radius 3 is 2.72 bits per heavy atom. The minimum absolute atomic E-state index is 0.0817. The number of thiophene rings is 1. The van der Waals surface area contributed by atoms with Crippen molar-refractivity contribution in [3.8, 4) is 17.6 Å². The molecule has 1 unspecified atom stereocenters. The number of esters is 1. The summed E-state index contributed by atoms with van der Waals surface area (Å²) >= 11 is 1.15. The van der Waals surface area contributed by atoms with Crippen LogP contribution in [-0.2, 0) is 19.7 Å². The number of nitrogens with zero attached hydrogens (tertiary/aromatic N) is 2. The lowest BCUT2D eigenvalue weighted by molar-refractivity contribution is -0.123. The molecular weight excluding hydrogens is 520 g/mol. The smallest absolute Gasteiger partial charge is 0.343 e. The predicted octanol–water partition coefficient (Wildman–Crippen LogP) is 3.60. The van der Waals surface area contributed by atoms with Gasteiger partial charge in [-0.1, -0.05) is 24.3 Å². The van der Waals surface area contributed by atoms with Crippen molar-refractivity contribution >= 4 is 40.5 Å². The van der Waals surface area contributed by atoms with Gasteiger partial charge in [0.05, 0.1) is 18.6 Å². The third-order valence-corrected chi connectivity index (χ3v) is 7.83. The number of amides is 2. The fourth-order valence-electron chi connectivity index (χ4n) is 5.02. The first-order valence-electron chi connectivity index (χ1n) is 12.0. The number of hydrogen-bond acceptors (Lipinski definition) is 9. The third kappa shape index (κ3) is 3.88. The molecule has 3 aromatic rings. The van der Waals surface area contributed by atoms with Gasteiger partial charge in [0, 0.05) is 27.9 Å². The van der Waals surface area contributed by atoms with Gasteiger partial charge in [-0.15, -0.1) is 11.3 Å². The lowest BCUT2D eigenvalue weighted by atomic mass is 9.72. The molecule has 39 heavy (non-hydrogen) atoms. The molecule has 0 saturated carbocycles. The molecule has 0 radical (unpaired) electrons. The topological polar surface area (TPSA) is 144 Å². The van der Waals surface area contributed by atoms with Crippen molar-refractivity contribution in [2.45, 2.75) is 19.3 Å². The Kier molecular flexibility index (Phi) is 6.49. The second-order valence-corrected chi connectivity index (χ2v) is 10.0. The van der Waals surface area contributed by atoms with Crippen molar-refractivity contribution in [1.82, 2.24) is 0 Å². The molecule has 2 aliphatic rings. The van der Waals surface area contributed by atoms with E-state index in [0.29, 0.717) is 32.4 Å². The largest absolute Gasteiger partial charge is 0.497 e. The summed E-state index contributed by atoms with van der Waals surface area (Å²) in [4.78, 5) is 42.6. The zero-order valence-corrected chi connectivity index (χ0v) is 22.2. The van der Waals surface area contributed by atoms with E-state index in [-0.39, 0.29) is 35.9 Å². The highest BCUT2D eigenvalue weighted by Crippen LogP contribution is 2.58. The average molecular weight is 545 g/mol. The number of carbonyl (C=O) groups is 3. The normalized spacial score (nSPS) is 17.3. The Labute approximate surface area is 228 Å². The molecule has 2 aliphatic heterocycles. The fraction of sp³-hybridized carbons (Fsp3) is 0.214. The summed E-state index contributed by atoms with van der Waals surface area (Å²) in [5, 5.41) is 13.0. The van der Waals surface area contributed by atoms with Crippen LogP contribution in [0.15, 0.2) is 60.0 Å². The van der Waals surface area contributed by atoms with Crippen molar-refractivity contribution in [3.05, 3.63) is 80.9 Å². The molecule has 198 valence electrons. The number of hydrogen-bond donors (Lipinski definition) is 2. The number of aryl methyl sites for hydroxylation is 1. The third-order valence-electron chi connectivity index (χ3n) is 6.63. The summed E-state index contributed by atoms with van der Waals surface area (Å²) in [6.45, 7) is 3.19. The second-order valence-electron chi connectivity index (χ2n) is 8.80. The van der Waals surface area contributed by atoms with Crippen LogP contribution in [0.5, 0.6) is 11.5 Å². The molecule has 0 bridgehead atoms. The van der Waals surface area contributed by atoms with Crippen molar-refractivity contribution < 1.29 is 28.6 Å². The number of methoxy groups -OCH3 is 1. The number of rotatable bonds is 6. The van der Waals surface area contributed by atoms with Gasteiger partial charge in [0.25, 0.3) is 0 Å². The van der Waals surface area contributed by atoms with Crippen LogP contribution in [0, 0.1) is 18.3 Å². The maximum atomic E-state index is 14.4. The number of nitrogens with two attached hydrogens (primary N) is 1. The van der Waals surface area contributed by atoms with Crippen LogP contribution >= 0.6 is 11.3 Å². The Morgan fingerprint density at radius 1 is 1.23 bits per heavy atom. The Hall–Kier alpha value is -4.82. The number of para-hydroxylation sites is 1. The summed E-state index contributed by atoms with van der Waals surface area (Å²) in [5.74, 6) is -1.28. The number of nitrogens with one attached hydrogen (secondary N) is 1. The molecular formula is C28H24N4O6S. The van der Waals surface area contributed by atoms with Crippen LogP contribution in [0.4, 0.5) is 11.4 Å². The highest BCUT2D eigenvalue weighted by Gasteiger charge is 2.61. The van der Waals surface area contributed by atoms with Crippen LogP contribution in [0.25, 0.3) is 0 Å². The van der Waals surface area contributed by atoms with Crippen LogP contribution < -0.4 is 25.4 Å². The number of nitriles is 1. The predicted molar refractivity (Wildman–Crippen MR) is 144 cm³/mol.